The highest BCUT2D eigenvalue weighted by atomic mass is 19.1. The van der Waals surface area contributed by atoms with Gasteiger partial charge in [-0.05, 0) is 37.6 Å². The van der Waals surface area contributed by atoms with Gasteiger partial charge in [-0.2, -0.15) is 0 Å². The minimum absolute atomic E-state index is 0.157. The standard InChI is InChI=1S/C14H15FN2O/c1-3-12-14(6-4-9(2)17-12)18-13-7-5-10(16)8-11(13)15/h4-8H,3,16H2,1-2H3. The summed E-state index contributed by atoms with van der Waals surface area (Å²) in [5.41, 5.74) is 7.59. The number of hydrogen-bond donors (Lipinski definition) is 1. The number of nitrogens with two attached hydrogens (primary N) is 1. The molecule has 1 aromatic heterocycles. The quantitative estimate of drug-likeness (QED) is 0.843. The van der Waals surface area contributed by atoms with Gasteiger partial charge in [-0.15, -0.1) is 0 Å². The molecule has 18 heavy (non-hydrogen) atoms. The van der Waals surface area contributed by atoms with E-state index in [1.54, 1.807) is 12.1 Å². The van der Waals surface area contributed by atoms with Crippen LogP contribution in [0.15, 0.2) is 30.3 Å². The molecule has 0 bridgehead atoms. The Labute approximate surface area is 105 Å². The molecule has 0 aliphatic carbocycles. The molecule has 0 aliphatic rings. The maximum absolute atomic E-state index is 13.6. The van der Waals surface area contributed by atoms with Crippen LogP contribution in [0.1, 0.15) is 18.3 Å². The number of halogens is 1. The first-order chi connectivity index (χ1) is 8.60. The van der Waals surface area contributed by atoms with Gasteiger partial charge in [-0.1, -0.05) is 6.92 Å². The first kappa shape index (κ1) is 12.4. The van der Waals surface area contributed by atoms with Gasteiger partial charge < -0.3 is 10.5 Å². The average molecular weight is 246 g/mol. The van der Waals surface area contributed by atoms with Crippen molar-refractivity contribution in [3.8, 4) is 11.5 Å². The molecule has 94 valence electrons. The van der Waals surface area contributed by atoms with Crippen LogP contribution < -0.4 is 10.5 Å². The number of nitrogen functional groups attached to an aromatic ring is 1. The van der Waals surface area contributed by atoms with Gasteiger partial charge in [0.15, 0.2) is 11.6 Å². The van der Waals surface area contributed by atoms with Crippen molar-refractivity contribution in [1.82, 2.24) is 4.98 Å². The highest BCUT2D eigenvalue weighted by molar-refractivity contribution is 5.44. The first-order valence-electron chi connectivity index (χ1n) is 5.79. The van der Waals surface area contributed by atoms with Crippen LogP contribution >= 0.6 is 0 Å². The molecule has 2 rings (SSSR count). The Balaban J connectivity index is 2.33. The van der Waals surface area contributed by atoms with Crippen LogP contribution in [0.4, 0.5) is 10.1 Å². The van der Waals surface area contributed by atoms with Crippen LogP contribution in [0.5, 0.6) is 11.5 Å². The Morgan fingerprint density at radius 2 is 1.94 bits per heavy atom. The van der Waals surface area contributed by atoms with Crippen molar-refractivity contribution in [3.63, 3.8) is 0 Å². The zero-order chi connectivity index (χ0) is 13.1. The third kappa shape index (κ3) is 2.59. The van der Waals surface area contributed by atoms with Crippen molar-refractivity contribution >= 4 is 5.69 Å². The second kappa shape index (κ2) is 5.04. The number of hydrogen-bond acceptors (Lipinski definition) is 3. The maximum atomic E-state index is 13.6. The number of benzene rings is 1. The third-order valence-corrected chi connectivity index (χ3v) is 2.58. The van der Waals surface area contributed by atoms with Gasteiger partial charge in [0.2, 0.25) is 0 Å². The minimum Gasteiger partial charge on any atom is -0.452 e. The lowest BCUT2D eigenvalue weighted by atomic mass is 10.2. The topological polar surface area (TPSA) is 48.1 Å². The molecule has 4 heteroatoms. The van der Waals surface area contributed by atoms with Gasteiger partial charge in [0.05, 0.1) is 5.69 Å². The molecule has 0 saturated heterocycles. The zero-order valence-corrected chi connectivity index (χ0v) is 10.4. The molecule has 0 saturated carbocycles. The minimum atomic E-state index is -0.474. The fraction of sp³-hybridized carbons (Fsp3) is 0.214. The molecular formula is C14H15FN2O. The predicted molar refractivity (Wildman–Crippen MR) is 69.2 cm³/mol. The summed E-state index contributed by atoms with van der Waals surface area (Å²) in [4.78, 5) is 4.36. The molecule has 0 amide bonds. The number of ether oxygens (including phenoxy) is 1. The van der Waals surface area contributed by atoms with Crippen molar-refractivity contribution in [2.45, 2.75) is 20.3 Å². The van der Waals surface area contributed by atoms with E-state index in [0.717, 1.165) is 17.8 Å². The summed E-state index contributed by atoms with van der Waals surface area (Å²) in [7, 11) is 0. The lowest BCUT2D eigenvalue weighted by Crippen LogP contribution is -1.97. The summed E-state index contributed by atoms with van der Waals surface area (Å²) in [5.74, 6) is 0.258. The van der Waals surface area contributed by atoms with Crippen LogP contribution in [0.3, 0.4) is 0 Å². The Bertz CT molecular complexity index is 570. The average Bonchev–Trinajstić information content (AvgIpc) is 2.34. The second-order valence-corrected chi connectivity index (χ2v) is 4.04. The fourth-order valence-electron chi connectivity index (χ4n) is 1.66. The van der Waals surface area contributed by atoms with E-state index in [1.165, 1.54) is 12.1 Å². The summed E-state index contributed by atoms with van der Waals surface area (Å²) in [6.45, 7) is 3.89. The van der Waals surface area contributed by atoms with E-state index in [4.69, 9.17) is 10.5 Å². The van der Waals surface area contributed by atoms with E-state index in [1.807, 2.05) is 19.9 Å². The lowest BCUT2D eigenvalue weighted by Gasteiger charge is -2.11. The molecular weight excluding hydrogens is 231 g/mol. The highest BCUT2D eigenvalue weighted by Crippen LogP contribution is 2.28. The van der Waals surface area contributed by atoms with Crippen LogP contribution in [-0.4, -0.2) is 4.98 Å². The van der Waals surface area contributed by atoms with E-state index < -0.39 is 5.82 Å². The lowest BCUT2D eigenvalue weighted by molar-refractivity contribution is 0.435. The molecule has 1 heterocycles. The molecule has 0 spiro atoms. The fourth-order valence-corrected chi connectivity index (χ4v) is 1.66. The Kier molecular flexibility index (Phi) is 3.46. The molecule has 3 nitrogen and oxygen atoms in total. The molecule has 0 unspecified atom stereocenters. The van der Waals surface area contributed by atoms with Gasteiger partial charge in [-0.3, -0.25) is 4.98 Å². The van der Waals surface area contributed by atoms with Crippen molar-refractivity contribution in [1.29, 1.82) is 0 Å². The van der Waals surface area contributed by atoms with Crippen LogP contribution in [0.25, 0.3) is 0 Å². The summed E-state index contributed by atoms with van der Waals surface area (Å²) < 4.78 is 19.2. The molecule has 0 atom stereocenters. The van der Waals surface area contributed by atoms with Gasteiger partial charge in [0, 0.05) is 17.4 Å². The van der Waals surface area contributed by atoms with Crippen molar-refractivity contribution in [3.05, 3.63) is 47.5 Å². The van der Waals surface area contributed by atoms with Crippen molar-refractivity contribution in [2.24, 2.45) is 0 Å². The first-order valence-corrected chi connectivity index (χ1v) is 5.79. The number of aromatic nitrogens is 1. The molecule has 0 radical (unpaired) electrons. The monoisotopic (exact) mass is 246 g/mol. The zero-order valence-electron chi connectivity index (χ0n) is 10.4. The maximum Gasteiger partial charge on any atom is 0.167 e. The predicted octanol–water partition coefficient (Wildman–Crippen LogP) is 3.47. The largest absolute Gasteiger partial charge is 0.452 e. The summed E-state index contributed by atoms with van der Waals surface area (Å²) in [6, 6.07) is 8.00. The molecule has 0 fully saturated rings. The SMILES string of the molecule is CCc1nc(C)ccc1Oc1ccc(N)cc1F. The number of nitrogens with zero attached hydrogens (tertiary/aromatic N) is 1. The van der Waals surface area contributed by atoms with Crippen LogP contribution in [-0.2, 0) is 6.42 Å². The van der Waals surface area contributed by atoms with Crippen molar-refractivity contribution < 1.29 is 9.13 Å². The number of pyridine rings is 1. The molecule has 0 aliphatic heterocycles. The normalized spacial score (nSPS) is 10.4. The van der Waals surface area contributed by atoms with E-state index in [9.17, 15) is 4.39 Å². The van der Waals surface area contributed by atoms with Gasteiger partial charge in [-0.25, -0.2) is 4.39 Å². The van der Waals surface area contributed by atoms with Gasteiger partial charge in [0.1, 0.15) is 5.75 Å². The Morgan fingerprint density at radius 1 is 1.22 bits per heavy atom. The summed E-state index contributed by atoms with van der Waals surface area (Å²) in [6.07, 6.45) is 0.730. The van der Waals surface area contributed by atoms with Crippen molar-refractivity contribution in [2.75, 3.05) is 5.73 Å². The van der Waals surface area contributed by atoms with Gasteiger partial charge in [0.25, 0.3) is 0 Å². The molecule has 1 aromatic carbocycles. The molecule has 2 aromatic rings. The van der Waals surface area contributed by atoms with Gasteiger partial charge >= 0.3 is 0 Å². The smallest absolute Gasteiger partial charge is 0.167 e. The molecule has 2 N–H and O–H groups in total. The van der Waals surface area contributed by atoms with E-state index in [-0.39, 0.29) is 5.75 Å². The Hall–Kier alpha value is -2.10. The summed E-state index contributed by atoms with van der Waals surface area (Å²) in [5, 5.41) is 0. The van der Waals surface area contributed by atoms with E-state index >= 15 is 0 Å². The van der Waals surface area contributed by atoms with Crippen LogP contribution in [0.2, 0.25) is 0 Å². The second-order valence-electron chi connectivity index (χ2n) is 4.04. The van der Waals surface area contributed by atoms with E-state index in [2.05, 4.69) is 4.98 Å². The highest BCUT2D eigenvalue weighted by Gasteiger charge is 2.09. The number of aryl methyl sites for hydroxylation is 2. The Morgan fingerprint density at radius 3 is 2.61 bits per heavy atom. The number of anilines is 1. The van der Waals surface area contributed by atoms with Crippen LogP contribution in [0, 0.1) is 12.7 Å². The third-order valence-electron chi connectivity index (χ3n) is 2.58. The van der Waals surface area contributed by atoms with E-state index in [0.29, 0.717) is 11.4 Å². The summed E-state index contributed by atoms with van der Waals surface area (Å²) >= 11 is 0. The number of rotatable bonds is 3.